The van der Waals surface area contributed by atoms with Gasteiger partial charge in [0.05, 0.1) is 6.42 Å². The number of rotatable bonds is 9. The molecule has 1 aromatic heterocycles. The van der Waals surface area contributed by atoms with Gasteiger partial charge in [0, 0.05) is 29.9 Å². The number of carboxylic acid groups (broad SMARTS) is 1. The van der Waals surface area contributed by atoms with Crippen molar-refractivity contribution in [3.63, 3.8) is 0 Å². The molecule has 6 nitrogen and oxygen atoms in total. The van der Waals surface area contributed by atoms with Gasteiger partial charge < -0.3 is 15.2 Å². The number of ether oxygens (including phenoxy) is 1. The normalized spacial score (nSPS) is 11.0. The van der Waals surface area contributed by atoms with Crippen molar-refractivity contribution in [1.82, 2.24) is 10.3 Å². The monoisotopic (exact) mass is 356 g/mol. The molecule has 0 fully saturated rings. The van der Waals surface area contributed by atoms with E-state index in [1.807, 2.05) is 50.2 Å². The fourth-order valence-electron chi connectivity index (χ4n) is 2.48. The maximum Gasteiger partial charge on any atom is 0.303 e. The van der Waals surface area contributed by atoms with Gasteiger partial charge in [-0.05, 0) is 44.0 Å². The van der Waals surface area contributed by atoms with Crippen LogP contribution in [0.5, 0.6) is 5.75 Å². The minimum absolute atomic E-state index is 0.0188. The average molecular weight is 356 g/mol. The standard InChI is InChI=1S/C20H24N2O4/c1-20(2,9-8-19(24)25)22-18(23)12-15-5-3-7-17(11-15)26-14-16-6-4-10-21-13-16/h3-7,10-11,13H,8-9,12,14H2,1-2H3,(H,22,23)(H,24,25). The molecule has 2 rings (SSSR count). The van der Waals surface area contributed by atoms with E-state index in [1.165, 1.54) is 0 Å². The van der Waals surface area contributed by atoms with Gasteiger partial charge in [-0.15, -0.1) is 0 Å². The van der Waals surface area contributed by atoms with Crippen molar-refractivity contribution < 1.29 is 19.4 Å². The zero-order valence-corrected chi connectivity index (χ0v) is 15.1. The molecule has 0 aliphatic heterocycles. The molecule has 0 saturated carbocycles. The van der Waals surface area contributed by atoms with Gasteiger partial charge in [0.25, 0.3) is 0 Å². The Morgan fingerprint density at radius 2 is 1.96 bits per heavy atom. The van der Waals surface area contributed by atoms with Crippen LogP contribution in [0, 0.1) is 0 Å². The third kappa shape index (κ3) is 6.93. The Morgan fingerprint density at radius 3 is 2.65 bits per heavy atom. The number of nitrogens with one attached hydrogen (secondary N) is 1. The van der Waals surface area contributed by atoms with E-state index in [9.17, 15) is 9.59 Å². The Labute approximate surface area is 153 Å². The van der Waals surface area contributed by atoms with Crippen molar-refractivity contribution in [2.24, 2.45) is 0 Å². The van der Waals surface area contributed by atoms with E-state index in [0.717, 1.165) is 11.1 Å². The molecule has 0 aliphatic rings. The summed E-state index contributed by atoms with van der Waals surface area (Å²) in [6.07, 6.45) is 4.06. The summed E-state index contributed by atoms with van der Waals surface area (Å²) in [7, 11) is 0. The molecule has 0 atom stereocenters. The van der Waals surface area contributed by atoms with Gasteiger partial charge in [0.1, 0.15) is 12.4 Å². The SMILES string of the molecule is CC(C)(CCC(=O)O)NC(=O)Cc1cccc(OCc2cccnc2)c1. The average Bonchev–Trinajstić information content (AvgIpc) is 2.59. The zero-order chi connectivity index (χ0) is 19.0. The van der Waals surface area contributed by atoms with Crippen LogP contribution in [-0.2, 0) is 22.6 Å². The Morgan fingerprint density at radius 1 is 1.19 bits per heavy atom. The highest BCUT2D eigenvalue weighted by molar-refractivity contribution is 5.79. The second kappa shape index (κ2) is 8.99. The van der Waals surface area contributed by atoms with E-state index >= 15 is 0 Å². The number of carbonyl (C=O) groups is 2. The van der Waals surface area contributed by atoms with Crippen LogP contribution in [0.25, 0.3) is 0 Å². The number of carboxylic acids is 1. The van der Waals surface area contributed by atoms with Gasteiger partial charge in [0.2, 0.25) is 5.91 Å². The molecule has 1 heterocycles. The van der Waals surface area contributed by atoms with Crippen molar-refractivity contribution in [3.05, 3.63) is 59.9 Å². The van der Waals surface area contributed by atoms with Gasteiger partial charge in [-0.3, -0.25) is 14.6 Å². The first kappa shape index (κ1) is 19.4. The van der Waals surface area contributed by atoms with Crippen LogP contribution in [0.3, 0.4) is 0 Å². The minimum atomic E-state index is -0.870. The molecule has 1 amide bonds. The van der Waals surface area contributed by atoms with Gasteiger partial charge in [0.15, 0.2) is 0 Å². The molecule has 0 radical (unpaired) electrons. The summed E-state index contributed by atoms with van der Waals surface area (Å²) in [5.74, 6) is -0.333. The van der Waals surface area contributed by atoms with Crippen LogP contribution >= 0.6 is 0 Å². The summed E-state index contributed by atoms with van der Waals surface area (Å²) in [5, 5.41) is 11.7. The quantitative estimate of drug-likeness (QED) is 0.721. The number of benzene rings is 1. The lowest BCUT2D eigenvalue weighted by Crippen LogP contribution is -2.44. The van der Waals surface area contributed by atoms with Gasteiger partial charge >= 0.3 is 5.97 Å². The van der Waals surface area contributed by atoms with Crippen molar-refractivity contribution in [3.8, 4) is 5.75 Å². The maximum absolute atomic E-state index is 12.3. The third-order valence-electron chi connectivity index (χ3n) is 3.83. The van der Waals surface area contributed by atoms with Gasteiger partial charge in [-0.2, -0.15) is 0 Å². The van der Waals surface area contributed by atoms with E-state index in [0.29, 0.717) is 18.8 Å². The van der Waals surface area contributed by atoms with Gasteiger partial charge in [-0.25, -0.2) is 0 Å². The molecule has 138 valence electrons. The summed E-state index contributed by atoms with van der Waals surface area (Å²) < 4.78 is 5.74. The first-order valence-electron chi connectivity index (χ1n) is 8.47. The Balaban J connectivity index is 1.89. The first-order valence-corrected chi connectivity index (χ1v) is 8.47. The fraction of sp³-hybridized carbons (Fsp3) is 0.350. The lowest BCUT2D eigenvalue weighted by molar-refractivity contribution is -0.137. The number of aliphatic carboxylic acids is 1. The molecular formula is C20H24N2O4. The van der Waals surface area contributed by atoms with E-state index in [2.05, 4.69) is 10.3 Å². The topological polar surface area (TPSA) is 88.5 Å². The number of pyridine rings is 1. The third-order valence-corrected chi connectivity index (χ3v) is 3.83. The summed E-state index contributed by atoms with van der Waals surface area (Å²) in [5.41, 5.74) is 1.24. The summed E-state index contributed by atoms with van der Waals surface area (Å²) in [6, 6.07) is 11.2. The largest absolute Gasteiger partial charge is 0.489 e. The Bertz CT molecular complexity index is 744. The van der Waals surface area contributed by atoms with Crippen LogP contribution in [0.1, 0.15) is 37.8 Å². The van der Waals surface area contributed by atoms with Gasteiger partial charge in [-0.1, -0.05) is 18.2 Å². The predicted molar refractivity (Wildman–Crippen MR) is 97.8 cm³/mol. The second-order valence-electron chi connectivity index (χ2n) is 6.80. The molecule has 0 aliphatic carbocycles. The summed E-state index contributed by atoms with van der Waals surface area (Å²) in [6.45, 7) is 4.05. The van der Waals surface area contributed by atoms with Crippen LogP contribution in [0.15, 0.2) is 48.8 Å². The smallest absolute Gasteiger partial charge is 0.303 e. The van der Waals surface area contributed by atoms with Crippen LogP contribution in [-0.4, -0.2) is 27.5 Å². The van der Waals surface area contributed by atoms with Crippen molar-refractivity contribution >= 4 is 11.9 Å². The molecule has 0 unspecified atom stereocenters. The molecule has 0 bridgehead atoms. The lowest BCUT2D eigenvalue weighted by atomic mass is 9.98. The molecule has 2 N–H and O–H groups in total. The van der Waals surface area contributed by atoms with E-state index in [1.54, 1.807) is 12.4 Å². The Kier molecular flexibility index (Phi) is 6.72. The summed E-state index contributed by atoms with van der Waals surface area (Å²) >= 11 is 0. The number of hydrogen-bond donors (Lipinski definition) is 2. The molecular weight excluding hydrogens is 332 g/mol. The second-order valence-corrected chi connectivity index (χ2v) is 6.80. The molecule has 26 heavy (non-hydrogen) atoms. The van der Waals surface area contributed by atoms with Crippen molar-refractivity contribution in [2.75, 3.05) is 0 Å². The predicted octanol–water partition coefficient (Wildman–Crippen LogP) is 2.96. The van der Waals surface area contributed by atoms with E-state index in [4.69, 9.17) is 9.84 Å². The van der Waals surface area contributed by atoms with Crippen molar-refractivity contribution in [1.29, 1.82) is 0 Å². The number of amides is 1. The number of aromatic nitrogens is 1. The summed E-state index contributed by atoms with van der Waals surface area (Å²) in [4.78, 5) is 27.0. The minimum Gasteiger partial charge on any atom is -0.489 e. The molecule has 6 heteroatoms. The molecule has 1 aromatic carbocycles. The molecule has 0 saturated heterocycles. The first-order chi connectivity index (χ1) is 12.3. The number of nitrogens with zero attached hydrogens (tertiary/aromatic N) is 1. The highest BCUT2D eigenvalue weighted by Gasteiger charge is 2.21. The number of hydrogen-bond acceptors (Lipinski definition) is 4. The highest BCUT2D eigenvalue weighted by Crippen LogP contribution is 2.17. The van der Waals surface area contributed by atoms with Crippen LogP contribution in [0.2, 0.25) is 0 Å². The number of carbonyl (C=O) groups excluding carboxylic acids is 1. The molecule has 0 spiro atoms. The maximum atomic E-state index is 12.3. The Hall–Kier alpha value is -2.89. The van der Waals surface area contributed by atoms with E-state index < -0.39 is 11.5 Å². The fourth-order valence-corrected chi connectivity index (χ4v) is 2.48. The molecule has 2 aromatic rings. The van der Waals surface area contributed by atoms with Crippen LogP contribution < -0.4 is 10.1 Å². The lowest BCUT2D eigenvalue weighted by Gasteiger charge is -2.25. The highest BCUT2D eigenvalue weighted by atomic mass is 16.5. The zero-order valence-electron chi connectivity index (χ0n) is 15.1. The van der Waals surface area contributed by atoms with E-state index in [-0.39, 0.29) is 18.7 Å². The van der Waals surface area contributed by atoms with Crippen LogP contribution in [0.4, 0.5) is 0 Å². The van der Waals surface area contributed by atoms with Crippen molar-refractivity contribution in [2.45, 2.75) is 45.3 Å².